The number of sulfonamides is 1. The van der Waals surface area contributed by atoms with Crippen molar-refractivity contribution in [3.05, 3.63) is 29.8 Å². The molecule has 0 spiro atoms. The van der Waals surface area contributed by atoms with Crippen LogP contribution in [0.3, 0.4) is 0 Å². The topological polar surface area (TPSA) is 81.8 Å². The van der Waals surface area contributed by atoms with E-state index in [0.717, 1.165) is 11.4 Å². The van der Waals surface area contributed by atoms with Crippen molar-refractivity contribution in [2.45, 2.75) is 45.2 Å². The van der Waals surface area contributed by atoms with Crippen LogP contribution in [-0.4, -0.2) is 34.5 Å². The van der Waals surface area contributed by atoms with Crippen molar-refractivity contribution < 1.29 is 8.42 Å². The summed E-state index contributed by atoms with van der Waals surface area (Å²) in [4.78, 5) is 0.204. The molecule has 0 aliphatic carbocycles. The minimum absolute atomic E-state index is 0.204. The lowest BCUT2D eigenvalue weighted by Gasteiger charge is -2.06. The van der Waals surface area contributed by atoms with E-state index in [4.69, 9.17) is 0 Å². The first kappa shape index (κ1) is 15.7. The molecule has 8 heteroatoms. The highest BCUT2D eigenvalue weighted by Crippen LogP contribution is 2.07. The van der Waals surface area contributed by atoms with Crippen LogP contribution in [0.4, 0.5) is 0 Å². The Balaban J connectivity index is 1.86. The summed E-state index contributed by atoms with van der Waals surface area (Å²) < 4.78 is 30.2. The van der Waals surface area contributed by atoms with E-state index in [1.807, 2.05) is 31.5 Å². The van der Waals surface area contributed by atoms with Crippen molar-refractivity contribution >= 4 is 10.0 Å². The molecular formula is C13H21N5O2S. The van der Waals surface area contributed by atoms with Gasteiger partial charge in [-0.1, -0.05) is 0 Å². The van der Waals surface area contributed by atoms with Gasteiger partial charge in [0, 0.05) is 31.5 Å². The van der Waals surface area contributed by atoms with Gasteiger partial charge < -0.3 is 0 Å². The van der Waals surface area contributed by atoms with Crippen LogP contribution >= 0.6 is 0 Å². The number of nitrogens with one attached hydrogen (secondary N) is 1. The van der Waals surface area contributed by atoms with E-state index in [0.29, 0.717) is 26.1 Å². The molecule has 1 N–H and O–H groups in total. The molecule has 0 aromatic carbocycles. The standard InChI is InChI=1S/C13H21N5O2S/c1-4-17-10-13(9-14-17)21(19,20)15-6-5-7-18-12(3)8-11(2)16-18/h8-10,15H,4-7H2,1-3H3. The molecule has 0 radical (unpaired) electrons. The first-order valence-corrected chi connectivity index (χ1v) is 8.44. The molecule has 0 aliphatic heterocycles. The van der Waals surface area contributed by atoms with Gasteiger partial charge in [0.15, 0.2) is 0 Å². The summed E-state index contributed by atoms with van der Waals surface area (Å²) in [6, 6.07) is 2.00. The van der Waals surface area contributed by atoms with Crippen molar-refractivity contribution in [2.24, 2.45) is 0 Å². The average molecular weight is 311 g/mol. The van der Waals surface area contributed by atoms with Gasteiger partial charge in [0.1, 0.15) is 4.90 Å². The van der Waals surface area contributed by atoms with Crippen LogP contribution in [-0.2, 0) is 23.1 Å². The lowest BCUT2D eigenvalue weighted by Crippen LogP contribution is -2.25. The zero-order valence-electron chi connectivity index (χ0n) is 12.6. The summed E-state index contributed by atoms with van der Waals surface area (Å²) >= 11 is 0. The van der Waals surface area contributed by atoms with Crippen LogP contribution in [0.15, 0.2) is 23.4 Å². The van der Waals surface area contributed by atoms with Crippen molar-refractivity contribution in [3.63, 3.8) is 0 Å². The second kappa shape index (κ2) is 6.40. The molecule has 0 bridgehead atoms. The molecule has 2 aromatic rings. The number of hydrogen-bond donors (Lipinski definition) is 1. The Morgan fingerprint density at radius 2 is 2.10 bits per heavy atom. The highest BCUT2D eigenvalue weighted by molar-refractivity contribution is 7.89. The van der Waals surface area contributed by atoms with Gasteiger partial charge in [0.05, 0.1) is 11.9 Å². The second-order valence-corrected chi connectivity index (χ2v) is 6.70. The Kier molecular flexibility index (Phi) is 4.79. The fraction of sp³-hybridized carbons (Fsp3) is 0.538. The minimum atomic E-state index is -3.47. The van der Waals surface area contributed by atoms with Gasteiger partial charge in [0.25, 0.3) is 0 Å². The minimum Gasteiger partial charge on any atom is -0.272 e. The summed E-state index contributed by atoms with van der Waals surface area (Å²) in [5, 5.41) is 8.32. The first-order chi connectivity index (χ1) is 9.92. The number of aryl methyl sites for hydroxylation is 4. The van der Waals surface area contributed by atoms with E-state index >= 15 is 0 Å². The summed E-state index contributed by atoms with van der Waals surface area (Å²) in [6.07, 6.45) is 3.58. The van der Waals surface area contributed by atoms with Gasteiger partial charge in [-0.3, -0.25) is 9.36 Å². The first-order valence-electron chi connectivity index (χ1n) is 6.95. The summed E-state index contributed by atoms with van der Waals surface area (Å²) in [6.45, 7) is 7.55. The zero-order chi connectivity index (χ0) is 15.5. The van der Waals surface area contributed by atoms with Crippen molar-refractivity contribution in [3.8, 4) is 0 Å². The van der Waals surface area contributed by atoms with Crippen LogP contribution in [0.25, 0.3) is 0 Å². The Morgan fingerprint density at radius 1 is 1.33 bits per heavy atom. The van der Waals surface area contributed by atoms with Crippen LogP contribution in [0.5, 0.6) is 0 Å². The SMILES string of the molecule is CCn1cc(S(=O)(=O)NCCCn2nc(C)cc2C)cn1. The Labute approximate surface area is 125 Å². The molecular weight excluding hydrogens is 290 g/mol. The Bertz CT molecular complexity index is 702. The molecule has 7 nitrogen and oxygen atoms in total. The van der Waals surface area contributed by atoms with Crippen LogP contribution in [0.1, 0.15) is 24.7 Å². The van der Waals surface area contributed by atoms with Gasteiger partial charge in [-0.25, -0.2) is 13.1 Å². The van der Waals surface area contributed by atoms with E-state index in [2.05, 4.69) is 14.9 Å². The fourth-order valence-electron chi connectivity index (χ4n) is 2.08. The molecule has 0 saturated carbocycles. The second-order valence-electron chi connectivity index (χ2n) is 4.93. The lowest BCUT2D eigenvalue weighted by molar-refractivity contribution is 0.544. The summed E-state index contributed by atoms with van der Waals surface area (Å²) in [5.74, 6) is 0. The van der Waals surface area contributed by atoms with E-state index in [1.165, 1.54) is 12.4 Å². The smallest absolute Gasteiger partial charge is 0.243 e. The predicted molar refractivity (Wildman–Crippen MR) is 79.4 cm³/mol. The van der Waals surface area contributed by atoms with E-state index in [1.54, 1.807) is 4.68 Å². The number of aromatic nitrogens is 4. The third-order valence-electron chi connectivity index (χ3n) is 3.19. The maximum atomic E-state index is 12.1. The van der Waals surface area contributed by atoms with Gasteiger partial charge >= 0.3 is 0 Å². The fourth-order valence-corrected chi connectivity index (χ4v) is 3.10. The number of rotatable bonds is 7. The number of nitrogens with zero attached hydrogens (tertiary/aromatic N) is 4. The van der Waals surface area contributed by atoms with E-state index < -0.39 is 10.0 Å². The van der Waals surface area contributed by atoms with E-state index in [-0.39, 0.29) is 4.90 Å². The molecule has 0 saturated heterocycles. The molecule has 21 heavy (non-hydrogen) atoms. The Hall–Kier alpha value is -1.67. The van der Waals surface area contributed by atoms with E-state index in [9.17, 15) is 8.42 Å². The van der Waals surface area contributed by atoms with Crippen molar-refractivity contribution in [2.75, 3.05) is 6.54 Å². The third-order valence-corrected chi connectivity index (χ3v) is 4.60. The maximum absolute atomic E-state index is 12.1. The summed E-state index contributed by atoms with van der Waals surface area (Å²) in [7, 11) is -3.47. The molecule has 0 amide bonds. The molecule has 2 heterocycles. The molecule has 0 atom stereocenters. The third kappa shape index (κ3) is 3.92. The van der Waals surface area contributed by atoms with Gasteiger partial charge in [-0.2, -0.15) is 10.2 Å². The Morgan fingerprint density at radius 3 is 2.67 bits per heavy atom. The summed E-state index contributed by atoms with van der Waals surface area (Å²) in [5.41, 5.74) is 2.06. The number of hydrogen-bond acceptors (Lipinski definition) is 4. The normalized spacial score (nSPS) is 12.0. The quantitative estimate of drug-likeness (QED) is 0.776. The monoisotopic (exact) mass is 311 g/mol. The van der Waals surface area contributed by atoms with Gasteiger partial charge in [-0.15, -0.1) is 0 Å². The molecule has 0 fully saturated rings. The van der Waals surface area contributed by atoms with Crippen molar-refractivity contribution in [1.82, 2.24) is 24.3 Å². The molecule has 2 aromatic heterocycles. The zero-order valence-corrected chi connectivity index (χ0v) is 13.4. The molecule has 116 valence electrons. The average Bonchev–Trinajstić information content (AvgIpc) is 3.02. The maximum Gasteiger partial charge on any atom is 0.243 e. The lowest BCUT2D eigenvalue weighted by atomic mass is 10.4. The molecule has 0 unspecified atom stereocenters. The highest BCUT2D eigenvalue weighted by atomic mass is 32.2. The van der Waals surface area contributed by atoms with Crippen LogP contribution in [0.2, 0.25) is 0 Å². The van der Waals surface area contributed by atoms with Gasteiger partial charge in [0.2, 0.25) is 10.0 Å². The highest BCUT2D eigenvalue weighted by Gasteiger charge is 2.15. The van der Waals surface area contributed by atoms with Crippen molar-refractivity contribution in [1.29, 1.82) is 0 Å². The van der Waals surface area contributed by atoms with Crippen LogP contribution < -0.4 is 4.72 Å². The predicted octanol–water partition coefficient (Wildman–Crippen LogP) is 1.08. The molecule has 0 aliphatic rings. The van der Waals surface area contributed by atoms with Gasteiger partial charge in [-0.05, 0) is 33.3 Å². The molecule has 2 rings (SSSR count). The van der Waals surface area contributed by atoms with Crippen LogP contribution in [0, 0.1) is 13.8 Å². The largest absolute Gasteiger partial charge is 0.272 e.